The second kappa shape index (κ2) is 6.43. The monoisotopic (exact) mass is 276 g/mol. The van der Waals surface area contributed by atoms with Crippen molar-refractivity contribution >= 4 is 17.3 Å². The van der Waals surface area contributed by atoms with Crippen LogP contribution in [0.5, 0.6) is 5.75 Å². The first kappa shape index (κ1) is 14.4. The molecule has 20 heavy (non-hydrogen) atoms. The van der Waals surface area contributed by atoms with Crippen molar-refractivity contribution in [3.05, 3.63) is 30.5 Å². The number of nitrogens with one attached hydrogen (secondary N) is 1. The zero-order chi connectivity index (χ0) is 14.5. The summed E-state index contributed by atoms with van der Waals surface area (Å²) in [5, 5.41) is 10.9. The van der Waals surface area contributed by atoms with E-state index in [9.17, 15) is 9.90 Å². The van der Waals surface area contributed by atoms with Crippen LogP contribution in [-0.4, -0.2) is 46.7 Å². The van der Waals surface area contributed by atoms with Gasteiger partial charge in [-0.05, 0) is 32.0 Å². The molecule has 1 aromatic carbocycles. The van der Waals surface area contributed by atoms with Gasteiger partial charge < -0.3 is 19.7 Å². The number of aromatic amines is 1. The molecule has 2 aromatic rings. The molecule has 5 heteroatoms. The van der Waals surface area contributed by atoms with E-state index >= 15 is 0 Å². The van der Waals surface area contributed by atoms with Crippen LogP contribution in [0.2, 0.25) is 0 Å². The van der Waals surface area contributed by atoms with Crippen LogP contribution in [0.1, 0.15) is 13.8 Å². The van der Waals surface area contributed by atoms with E-state index in [4.69, 9.17) is 4.74 Å². The van der Waals surface area contributed by atoms with Crippen molar-refractivity contribution in [2.75, 3.05) is 13.2 Å². The van der Waals surface area contributed by atoms with E-state index < -0.39 is 6.10 Å². The number of carbonyl (C=O) groups is 1. The number of fused-ring (bicyclic) bond motifs is 1. The Morgan fingerprint density at radius 2 is 2.20 bits per heavy atom. The molecule has 0 bridgehead atoms. The van der Waals surface area contributed by atoms with Crippen LogP contribution < -0.4 is 4.74 Å². The summed E-state index contributed by atoms with van der Waals surface area (Å²) in [6.45, 7) is 4.23. The molecule has 0 spiro atoms. The number of amides is 1. The molecule has 108 valence electrons. The second-order valence-electron chi connectivity index (χ2n) is 5.06. The van der Waals surface area contributed by atoms with Gasteiger partial charge in [0.1, 0.15) is 18.5 Å². The minimum absolute atomic E-state index is 0.0651. The van der Waals surface area contributed by atoms with Crippen molar-refractivity contribution in [3.8, 4) is 5.75 Å². The van der Waals surface area contributed by atoms with Gasteiger partial charge in [-0.15, -0.1) is 0 Å². The van der Waals surface area contributed by atoms with Gasteiger partial charge in [0, 0.05) is 29.7 Å². The number of benzene rings is 1. The smallest absolute Gasteiger partial charge is 0.210 e. The van der Waals surface area contributed by atoms with E-state index in [1.54, 1.807) is 4.90 Å². The number of aliphatic hydroxyl groups excluding tert-OH is 1. The summed E-state index contributed by atoms with van der Waals surface area (Å²) in [6.07, 6.45) is 1.89. The fraction of sp³-hybridized carbons (Fsp3) is 0.400. The maximum Gasteiger partial charge on any atom is 0.210 e. The Labute approximate surface area is 118 Å². The number of hydrogen-bond donors (Lipinski definition) is 2. The summed E-state index contributed by atoms with van der Waals surface area (Å²) in [5.74, 6) is 0.727. The van der Waals surface area contributed by atoms with E-state index in [0.29, 0.717) is 0 Å². The van der Waals surface area contributed by atoms with E-state index in [1.807, 2.05) is 44.3 Å². The third kappa shape index (κ3) is 3.30. The number of hydrogen-bond acceptors (Lipinski definition) is 3. The van der Waals surface area contributed by atoms with E-state index in [1.165, 1.54) is 0 Å². The second-order valence-corrected chi connectivity index (χ2v) is 5.06. The first-order valence-electron chi connectivity index (χ1n) is 6.70. The summed E-state index contributed by atoms with van der Waals surface area (Å²) in [7, 11) is 0. The van der Waals surface area contributed by atoms with Gasteiger partial charge >= 0.3 is 0 Å². The molecule has 0 radical (unpaired) electrons. The Morgan fingerprint density at radius 3 is 2.90 bits per heavy atom. The minimum Gasteiger partial charge on any atom is -0.490 e. The molecule has 0 saturated carbocycles. The highest BCUT2D eigenvalue weighted by atomic mass is 16.5. The Kier molecular flexibility index (Phi) is 4.63. The van der Waals surface area contributed by atoms with Gasteiger partial charge in [-0.25, -0.2) is 0 Å². The molecule has 1 aromatic heterocycles. The van der Waals surface area contributed by atoms with Crippen LogP contribution >= 0.6 is 0 Å². The summed E-state index contributed by atoms with van der Waals surface area (Å²) in [6, 6.07) is 7.72. The molecule has 1 amide bonds. The molecule has 1 unspecified atom stereocenters. The van der Waals surface area contributed by atoms with Crippen molar-refractivity contribution in [3.63, 3.8) is 0 Å². The van der Waals surface area contributed by atoms with E-state index in [-0.39, 0.29) is 19.2 Å². The highest BCUT2D eigenvalue weighted by molar-refractivity contribution is 5.85. The zero-order valence-electron chi connectivity index (χ0n) is 11.7. The van der Waals surface area contributed by atoms with Crippen molar-refractivity contribution in [2.45, 2.75) is 26.0 Å². The third-order valence-corrected chi connectivity index (χ3v) is 3.21. The SMILES string of the molecule is CC(C)N(C=O)CC(O)COc1cccc2[nH]ccc12. The number of ether oxygens (including phenoxy) is 1. The molecule has 1 atom stereocenters. The summed E-state index contributed by atoms with van der Waals surface area (Å²) < 4.78 is 5.65. The normalized spacial score (nSPS) is 12.6. The number of nitrogens with zero attached hydrogens (tertiary/aromatic N) is 1. The van der Waals surface area contributed by atoms with Gasteiger partial charge in [0.25, 0.3) is 0 Å². The quantitative estimate of drug-likeness (QED) is 0.758. The topological polar surface area (TPSA) is 65.6 Å². The lowest BCUT2D eigenvalue weighted by atomic mass is 10.2. The van der Waals surface area contributed by atoms with Crippen LogP contribution in [0.15, 0.2) is 30.5 Å². The highest BCUT2D eigenvalue weighted by Crippen LogP contribution is 2.24. The lowest BCUT2D eigenvalue weighted by Crippen LogP contribution is -2.38. The average molecular weight is 276 g/mol. The van der Waals surface area contributed by atoms with Gasteiger partial charge in [0.2, 0.25) is 6.41 Å². The van der Waals surface area contributed by atoms with Crippen LogP contribution in [0, 0.1) is 0 Å². The number of aromatic nitrogens is 1. The molecule has 2 N–H and O–H groups in total. The lowest BCUT2D eigenvalue weighted by Gasteiger charge is -2.24. The molecule has 0 aliphatic carbocycles. The van der Waals surface area contributed by atoms with Crippen LogP contribution in [0.25, 0.3) is 10.9 Å². The lowest BCUT2D eigenvalue weighted by molar-refractivity contribution is -0.121. The first-order chi connectivity index (χ1) is 9.61. The number of aliphatic hydroxyl groups is 1. The van der Waals surface area contributed by atoms with E-state index in [0.717, 1.165) is 23.1 Å². The predicted molar refractivity (Wildman–Crippen MR) is 77.7 cm³/mol. The largest absolute Gasteiger partial charge is 0.490 e. The van der Waals surface area contributed by atoms with Crippen molar-refractivity contribution < 1.29 is 14.6 Å². The molecule has 5 nitrogen and oxygen atoms in total. The van der Waals surface area contributed by atoms with Crippen LogP contribution in [0.4, 0.5) is 0 Å². The molecule has 1 heterocycles. The summed E-state index contributed by atoms with van der Waals surface area (Å²) in [5.41, 5.74) is 0.994. The van der Waals surface area contributed by atoms with Crippen LogP contribution in [0.3, 0.4) is 0 Å². The first-order valence-corrected chi connectivity index (χ1v) is 6.70. The standard InChI is InChI=1S/C15H20N2O3/c1-11(2)17(10-18)8-12(19)9-20-15-5-3-4-14-13(15)6-7-16-14/h3-7,10-12,16,19H,8-9H2,1-2H3. The van der Waals surface area contributed by atoms with Crippen LogP contribution in [-0.2, 0) is 4.79 Å². The van der Waals surface area contributed by atoms with Gasteiger partial charge in [-0.2, -0.15) is 0 Å². The fourth-order valence-corrected chi connectivity index (χ4v) is 2.04. The maximum atomic E-state index is 10.9. The molecule has 0 aliphatic rings. The highest BCUT2D eigenvalue weighted by Gasteiger charge is 2.14. The Morgan fingerprint density at radius 1 is 1.40 bits per heavy atom. The average Bonchev–Trinajstić information content (AvgIpc) is 2.91. The number of H-pyrrole nitrogens is 1. The summed E-state index contributed by atoms with van der Waals surface area (Å²) >= 11 is 0. The minimum atomic E-state index is -0.711. The number of carbonyl (C=O) groups excluding carboxylic acids is 1. The maximum absolute atomic E-state index is 10.9. The Hall–Kier alpha value is -2.01. The summed E-state index contributed by atoms with van der Waals surface area (Å²) in [4.78, 5) is 15.5. The van der Waals surface area contributed by atoms with Crippen molar-refractivity contribution in [1.29, 1.82) is 0 Å². The third-order valence-electron chi connectivity index (χ3n) is 3.21. The van der Waals surface area contributed by atoms with Crippen molar-refractivity contribution in [2.24, 2.45) is 0 Å². The molecular weight excluding hydrogens is 256 g/mol. The van der Waals surface area contributed by atoms with Crippen molar-refractivity contribution in [1.82, 2.24) is 9.88 Å². The molecule has 0 fully saturated rings. The Balaban J connectivity index is 1.94. The zero-order valence-corrected chi connectivity index (χ0v) is 11.7. The van der Waals surface area contributed by atoms with Gasteiger partial charge in [-0.1, -0.05) is 6.07 Å². The predicted octanol–water partition coefficient (Wildman–Crippen LogP) is 1.77. The molecular formula is C15H20N2O3. The van der Waals surface area contributed by atoms with Gasteiger partial charge in [-0.3, -0.25) is 4.79 Å². The number of rotatable bonds is 7. The van der Waals surface area contributed by atoms with Gasteiger partial charge in [0.05, 0.1) is 0 Å². The van der Waals surface area contributed by atoms with E-state index in [2.05, 4.69) is 4.98 Å². The Bertz CT molecular complexity index is 565. The fourth-order valence-electron chi connectivity index (χ4n) is 2.04. The van der Waals surface area contributed by atoms with Gasteiger partial charge in [0.15, 0.2) is 0 Å². The molecule has 0 aliphatic heterocycles. The molecule has 2 rings (SSSR count). The molecule has 0 saturated heterocycles.